The zero-order valence-corrected chi connectivity index (χ0v) is 23.5. The van der Waals surface area contributed by atoms with Crippen LogP contribution in [0.15, 0.2) is 116 Å². The fraction of sp³-hybridized carbons (Fsp3) is 0.0571. The monoisotopic (exact) mass is 570 g/mol. The number of halogens is 2. The minimum Gasteiger partial charge on any atom is -0.358 e. The van der Waals surface area contributed by atoms with E-state index >= 15 is 4.39 Å². The molecule has 212 valence electrons. The summed E-state index contributed by atoms with van der Waals surface area (Å²) in [5.41, 5.74) is 7.89. The summed E-state index contributed by atoms with van der Waals surface area (Å²) >= 11 is 0. The van der Waals surface area contributed by atoms with Crippen LogP contribution in [0.1, 0.15) is 22.4 Å². The van der Waals surface area contributed by atoms with Gasteiger partial charge in [0.2, 0.25) is 0 Å². The van der Waals surface area contributed by atoms with Crippen molar-refractivity contribution in [1.82, 2.24) is 25.1 Å². The molecule has 6 rings (SSSR count). The molecule has 0 radical (unpaired) electrons. The molecule has 0 atom stereocenters. The number of benzene rings is 2. The van der Waals surface area contributed by atoms with Crippen LogP contribution < -0.4 is 5.32 Å². The van der Waals surface area contributed by atoms with Crippen molar-refractivity contribution in [1.29, 1.82) is 0 Å². The number of rotatable bonds is 9. The number of allylic oxidation sites excluding steroid dienone is 3. The predicted octanol–water partition coefficient (Wildman–Crippen LogP) is 8.39. The van der Waals surface area contributed by atoms with Crippen LogP contribution in [0.4, 0.5) is 14.5 Å². The topological polar surface area (TPSA) is 82.3 Å². The highest BCUT2D eigenvalue weighted by Crippen LogP contribution is 2.36. The standard InChI is InChI=1S/C35H28F2N6/c1-4-9-28(24-12-8-13-26(36)15-24)29-17-31(41-22(29)3)34-32-33(37)30(20-39-35(32)43-42-34)25-16-27(19-38-18-25)40-21(2)14-23-10-6-5-7-11-23/h4-13,15-20,40-41H,1-2,14H2,3H3,(H,39,42,43)/b28-9-. The van der Waals surface area contributed by atoms with Gasteiger partial charge in [-0.3, -0.25) is 10.1 Å². The molecule has 2 aromatic carbocycles. The summed E-state index contributed by atoms with van der Waals surface area (Å²) in [7, 11) is 0. The van der Waals surface area contributed by atoms with Gasteiger partial charge in [0.25, 0.3) is 0 Å². The molecule has 8 heteroatoms. The lowest BCUT2D eigenvalue weighted by Gasteiger charge is -2.11. The van der Waals surface area contributed by atoms with Crippen molar-refractivity contribution in [2.45, 2.75) is 13.3 Å². The van der Waals surface area contributed by atoms with Crippen molar-refractivity contribution in [3.8, 4) is 22.5 Å². The second-order valence-corrected chi connectivity index (χ2v) is 10.2. The fourth-order valence-corrected chi connectivity index (χ4v) is 5.18. The van der Waals surface area contributed by atoms with Gasteiger partial charge in [-0.1, -0.05) is 67.8 Å². The van der Waals surface area contributed by atoms with Crippen LogP contribution in [0.5, 0.6) is 0 Å². The number of anilines is 1. The minimum atomic E-state index is -0.475. The quantitative estimate of drug-likeness (QED) is 0.153. The molecule has 0 aliphatic rings. The Bertz CT molecular complexity index is 2000. The van der Waals surface area contributed by atoms with Gasteiger partial charge in [0.1, 0.15) is 11.6 Å². The largest absolute Gasteiger partial charge is 0.358 e. The average molecular weight is 571 g/mol. The molecular formula is C35H28F2N6. The van der Waals surface area contributed by atoms with Gasteiger partial charge < -0.3 is 10.3 Å². The zero-order valence-electron chi connectivity index (χ0n) is 23.5. The van der Waals surface area contributed by atoms with Gasteiger partial charge in [-0.25, -0.2) is 13.8 Å². The number of aromatic amines is 2. The summed E-state index contributed by atoms with van der Waals surface area (Å²) in [6.45, 7) is 9.86. The molecule has 6 aromatic rings. The van der Waals surface area contributed by atoms with E-state index in [1.165, 1.54) is 18.3 Å². The van der Waals surface area contributed by atoms with Crippen LogP contribution in [0.3, 0.4) is 0 Å². The fourth-order valence-electron chi connectivity index (χ4n) is 5.18. The minimum absolute atomic E-state index is 0.246. The van der Waals surface area contributed by atoms with Gasteiger partial charge in [-0.05, 0) is 47.9 Å². The Hall–Kier alpha value is -5.63. The highest BCUT2D eigenvalue weighted by molar-refractivity contribution is 5.95. The number of hydrogen-bond donors (Lipinski definition) is 3. The molecule has 0 fully saturated rings. The number of aryl methyl sites for hydroxylation is 1. The third kappa shape index (κ3) is 5.63. The Kier molecular flexibility index (Phi) is 7.49. The van der Waals surface area contributed by atoms with E-state index in [4.69, 9.17) is 0 Å². The van der Waals surface area contributed by atoms with Crippen LogP contribution >= 0.6 is 0 Å². The summed E-state index contributed by atoms with van der Waals surface area (Å²) in [4.78, 5) is 12.1. The van der Waals surface area contributed by atoms with E-state index < -0.39 is 5.82 Å². The third-order valence-electron chi connectivity index (χ3n) is 7.14. The maximum atomic E-state index is 16.3. The normalized spacial score (nSPS) is 11.6. The van der Waals surface area contributed by atoms with E-state index in [0.29, 0.717) is 34.6 Å². The van der Waals surface area contributed by atoms with Crippen molar-refractivity contribution in [2.75, 3.05) is 5.32 Å². The van der Waals surface area contributed by atoms with E-state index in [1.807, 2.05) is 61.5 Å². The number of pyridine rings is 2. The van der Waals surface area contributed by atoms with E-state index in [0.717, 1.165) is 28.1 Å². The number of aromatic nitrogens is 5. The SMILES string of the molecule is C=C/C=C(/c1cccc(F)c1)c1cc(-c2[nH]nc3ncc(-c4cncc(NC(=C)Cc5ccccc5)c4)c(F)c23)[nH]c1C. The van der Waals surface area contributed by atoms with Gasteiger partial charge in [0, 0.05) is 46.9 Å². The molecular weight excluding hydrogens is 542 g/mol. The molecule has 0 saturated heterocycles. The van der Waals surface area contributed by atoms with Gasteiger partial charge in [0.15, 0.2) is 5.65 Å². The van der Waals surface area contributed by atoms with Gasteiger partial charge >= 0.3 is 0 Å². The van der Waals surface area contributed by atoms with Gasteiger partial charge in [-0.15, -0.1) is 0 Å². The Balaban J connectivity index is 1.34. The molecule has 43 heavy (non-hydrogen) atoms. The molecule has 0 aliphatic heterocycles. The summed E-state index contributed by atoms with van der Waals surface area (Å²) in [6, 6.07) is 20.1. The predicted molar refractivity (Wildman–Crippen MR) is 168 cm³/mol. The van der Waals surface area contributed by atoms with Crippen molar-refractivity contribution in [2.24, 2.45) is 0 Å². The number of nitrogens with zero attached hydrogens (tertiary/aromatic N) is 3. The van der Waals surface area contributed by atoms with Crippen LogP contribution in [-0.2, 0) is 6.42 Å². The van der Waals surface area contributed by atoms with Crippen LogP contribution in [0, 0.1) is 18.6 Å². The summed E-state index contributed by atoms with van der Waals surface area (Å²) in [5, 5.41) is 10.7. The van der Waals surface area contributed by atoms with Crippen LogP contribution in [0.25, 0.3) is 39.1 Å². The van der Waals surface area contributed by atoms with Gasteiger partial charge in [-0.2, -0.15) is 5.10 Å². The van der Waals surface area contributed by atoms with Crippen molar-refractivity contribution < 1.29 is 8.78 Å². The van der Waals surface area contributed by atoms with Crippen LogP contribution in [-0.4, -0.2) is 25.1 Å². The first-order chi connectivity index (χ1) is 20.9. The molecule has 6 nitrogen and oxygen atoms in total. The first-order valence-corrected chi connectivity index (χ1v) is 13.7. The Morgan fingerprint density at radius 1 is 1.00 bits per heavy atom. The maximum Gasteiger partial charge on any atom is 0.184 e. The Labute approximate surface area is 247 Å². The Morgan fingerprint density at radius 2 is 1.84 bits per heavy atom. The maximum absolute atomic E-state index is 16.3. The molecule has 0 saturated carbocycles. The zero-order chi connectivity index (χ0) is 29.9. The molecule has 3 N–H and O–H groups in total. The van der Waals surface area contributed by atoms with Gasteiger partial charge in [0.05, 0.1) is 28.7 Å². The smallest absolute Gasteiger partial charge is 0.184 e. The van der Waals surface area contributed by atoms with Crippen LogP contribution in [0.2, 0.25) is 0 Å². The lowest BCUT2D eigenvalue weighted by atomic mass is 9.97. The molecule has 4 aromatic heterocycles. The first-order valence-electron chi connectivity index (χ1n) is 13.7. The average Bonchev–Trinajstić information content (AvgIpc) is 3.60. The molecule has 0 unspecified atom stereocenters. The van der Waals surface area contributed by atoms with E-state index in [-0.39, 0.29) is 22.4 Å². The molecule has 0 bridgehead atoms. The second kappa shape index (κ2) is 11.7. The van der Waals surface area contributed by atoms with E-state index in [1.54, 1.807) is 24.5 Å². The highest BCUT2D eigenvalue weighted by Gasteiger charge is 2.21. The summed E-state index contributed by atoms with van der Waals surface area (Å²) < 4.78 is 30.3. The summed E-state index contributed by atoms with van der Waals surface area (Å²) in [6.07, 6.45) is 8.85. The molecule has 0 spiro atoms. The second-order valence-electron chi connectivity index (χ2n) is 10.2. The number of fused-ring (bicyclic) bond motifs is 1. The van der Waals surface area contributed by atoms with Crippen molar-refractivity contribution in [3.63, 3.8) is 0 Å². The molecule has 4 heterocycles. The van der Waals surface area contributed by atoms with E-state index in [9.17, 15) is 4.39 Å². The van der Waals surface area contributed by atoms with Crippen molar-refractivity contribution in [3.05, 3.63) is 150 Å². The number of nitrogens with one attached hydrogen (secondary N) is 3. The lowest BCUT2D eigenvalue weighted by molar-refractivity contribution is 0.627. The summed E-state index contributed by atoms with van der Waals surface area (Å²) in [5.74, 6) is -0.813. The number of hydrogen-bond acceptors (Lipinski definition) is 4. The van der Waals surface area contributed by atoms with E-state index in [2.05, 4.69) is 43.6 Å². The molecule has 0 amide bonds. The third-order valence-corrected chi connectivity index (χ3v) is 7.14. The number of H-pyrrole nitrogens is 2. The highest BCUT2D eigenvalue weighted by atomic mass is 19.1. The lowest BCUT2D eigenvalue weighted by Crippen LogP contribution is -2.02. The first kappa shape index (κ1) is 27.5. The molecule has 0 aliphatic carbocycles. The van der Waals surface area contributed by atoms with Crippen molar-refractivity contribution >= 4 is 22.3 Å². The Morgan fingerprint density at radius 3 is 2.63 bits per heavy atom.